The van der Waals surface area contributed by atoms with E-state index in [4.69, 9.17) is 0 Å². The fraction of sp³-hybridized carbons (Fsp3) is 0.316. The number of pyridine rings is 1. The van der Waals surface area contributed by atoms with Gasteiger partial charge in [0.2, 0.25) is 0 Å². The maximum Gasteiger partial charge on any atom is 0.259 e. The second-order valence-corrected chi connectivity index (χ2v) is 6.53. The first-order valence-electron chi connectivity index (χ1n) is 8.07. The van der Waals surface area contributed by atoms with Crippen LogP contribution in [-0.2, 0) is 0 Å². The Kier molecular flexibility index (Phi) is 5.78. The Hall–Kier alpha value is -2.14. The van der Waals surface area contributed by atoms with E-state index in [1.807, 2.05) is 46.8 Å². The first-order chi connectivity index (χ1) is 11.5. The van der Waals surface area contributed by atoms with Gasteiger partial charge in [-0.25, -0.2) is 4.98 Å². The van der Waals surface area contributed by atoms with E-state index in [-0.39, 0.29) is 5.56 Å². The van der Waals surface area contributed by atoms with Gasteiger partial charge in [-0.15, -0.1) is 0 Å². The maximum atomic E-state index is 12.5. The minimum atomic E-state index is -0.0809. The Bertz CT molecular complexity index is 932. The third-order valence-corrected chi connectivity index (χ3v) is 4.74. The molecule has 3 aromatic rings. The molecule has 2 heterocycles. The third-order valence-electron chi connectivity index (χ3n) is 3.52. The molecule has 0 bridgehead atoms. The minimum absolute atomic E-state index is 0.0809. The standard InChI is InChI=1S/C17H17N3OS.C2H6/c1-9-7-10(2)16(22-13-5-6-18-11(3)8-13)14-15(9)19-12(4)20-17(14)21;1-2/h5-8H,1-4H3,(H,19,20,21);1-2H3. The summed E-state index contributed by atoms with van der Waals surface area (Å²) in [6.07, 6.45) is 1.79. The van der Waals surface area contributed by atoms with Crippen LogP contribution < -0.4 is 5.56 Å². The summed E-state index contributed by atoms with van der Waals surface area (Å²) in [7, 11) is 0. The first kappa shape index (κ1) is 18.2. The van der Waals surface area contributed by atoms with Crippen LogP contribution in [0.4, 0.5) is 0 Å². The van der Waals surface area contributed by atoms with Gasteiger partial charge in [0.15, 0.2) is 0 Å². The molecule has 0 amide bonds. The number of aromatic amines is 1. The molecule has 0 aliphatic rings. The molecule has 1 aromatic carbocycles. The molecule has 0 aliphatic carbocycles. The molecule has 0 aliphatic heterocycles. The average molecular weight is 341 g/mol. The van der Waals surface area contributed by atoms with Gasteiger partial charge in [-0.3, -0.25) is 9.78 Å². The van der Waals surface area contributed by atoms with Gasteiger partial charge >= 0.3 is 0 Å². The molecule has 4 nitrogen and oxygen atoms in total. The van der Waals surface area contributed by atoms with Crippen molar-refractivity contribution < 1.29 is 0 Å². The summed E-state index contributed by atoms with van der Waals surface area (Å²) >= 11 is 1.59. The van der Waals surface area contributed by atoms with Crippen molar-refractivity contribution in [2.24, 2.45) is 0 Å². The smallest absolute Gasteiger partial charge is 0.259 e. The molecule has 5 heteroatoms. The van der Waals surface area contributed by atoms with Crippen molar-refractivity contribution in [2.45, 2.75) is 51.3 Å². The summed E-state index contributed by atoms with van der Waals surface area (Å²) in [5, 5.41) is 0.669. The molecule has 0 saturated heterocycles. The van der Waals surface area contributed by atoms with Crippen LogP contribution in [0.2, 0.25) is 0 Å². The van der Waals surface area contributed by atoms with Gasteiger partial charge in [0.05, 0.1) is 10.9 Å². The maximum absolute atomic E-state index is 12.5. The zero-order chi connectivity index (χ0) is 17.9. The van der Waals surface area contributed by atoms with E-state index >= 15 is 0 Å². The van der Waals surface area contributed by atoms with Crippen LogP contribution in [0, 0.1) is 27.7 Å². The predicted molar refractivity (Wildman–Crippen MR) is 101 cm³/mol. The topological polar surface area (TPSA) is 58.6 Å². The fourth-order valence-corrected chi connectivity index (χ4v) is 3.68. The van der Waals surface area contributed by atoms with E-state index in [0.29, 0.717) is 11.2 Å². The second kappa shape index (κ2) is 7.62. The van der Waals surface area contributed by atoms with Crippen molar-refractivity contribution >= 4 is 22.7 Å². The Morgan fingerprint density at radius 2 is 1.75 bits per heavy atom. The van der Waals surface area contributed by atoms with E-state index in [0.717, 1.165) is 32.1 Å². The highest BCUT2D eigenvalue weighted by Crippen LogP contribution is 2.35. The van der Waals surface area contributed by atoms with Crippen molar-refractivity contribution in [3.8, 4) is 0 Å². The number of hydrogen-bond acceptors (Lipinski definition) is 4. The predicted octanol–water partition coefficient (Wildman–Crippen LogP) is 4.73. The number of hydrogen-bond donors (Lipinski definition) is 1. The second-order valence-electron chi connectivity index (χ2n) is 5.45. The van der Waals surface area contributed by atoms with Gasteiger partial charge < -0.3 is 4.98 Å². The molecule has 126 valence electrons. The number of rotatable bonds is 2. The molecule has 0 saturated carbocycles. The summed E-state index contributed by atoms with van der Waals surface area (Å²) in [5.74, 6) is 0.639. The molecule has 0 atom stereocenters. The molecule has 1 N–H and O–H groups in total. The first-order valence-corrected chi connectivity index (χ1v) is 8.88. The molecule has 24 heavy (non-hydrogen) atoms. The summed E-state index contributed by atoms with van der Waals surface area (Å²) in [6.45, 7) is 11.8. The average Bonchev–Trinajstić information content (AvgIpc) is 2.53. The molecule has 0 spiro atoms. The monoisotopic (exact) mass is 341 g/mol. The van der Waals surface area contributed by atoms with Crippen LogP contribution in [0.15, 0.2) is 39.0 Å². The van der Waals surface area contributed by atoms with Crippen LogP contribution in [0.1, 0.15) is 36.5 Å². The lowest BCUT2D eigenvalue weighted by atomic mass is 10.1. The third kappa shape index (κ3) is 3.67. The van der Waals surface area contributed by atoms with Crippen molar-refractivity contribution in [1.29, 1.82) is 0 Å². The highest BCUT2D eigenvalue weighted by Gasteiger charge is 2.14. The van der Waals surface area contributed by atoms with Crippen LogP contribution in [0.3, 0.4) is 0 Å². The summed E-state index contributed by atoms with van der Waals surface area (Å²) < 4.78 is 0. The number of H-pyrrole nitrogens is 1. The number of aromatic nitrogens is 3. The van der Waals surface area contributed by atoms with Crippen molar-refractivity contribution in [3.63, 3.8) is 0 Å². The Balaban J connectivity index is 0.00000100. The molecule has 2 aromatic heterocycles. The lowest BCUT2D eigenvalue weighted by Gasteiger charge is -2.12. The largest absolute Gasteiger partial charge is 0.310 e. The van der Waals surface area contributed by atoms with E-state index < -0.39 is 0 Å². The number of aryl methyl sites for hydroxylation is 4. The molecule has 0 fully saturated rings. The summed E-state index contributed by atoms with van der Waals surface area (Å²) in [4.78, 5) is 26.0. The minimum Gasteiger partial charge on any atom is -0.310 e. The van der Waals surface area contributed by atoms with E-state index in [9.17, 15) is 4.79 Å². The quantitative estimate of drug-likeness (QED) is 0.732. The van der Waals surface area contributed by atoms with Gasteiger partial charge in [0, 0.05) is 21.7 Å². The zero-order valence-electron chi connectivity index (χ0n) is 15.0. The van der Waals surface area contributed by atoms with Gasteiger partial charge in [0.25, 0.3) is 5.56 Å². The van der Waals surface area contributed by atoms with Gasteiger partial charge in [0.1, 0.15) is 5.82 Å². The highest BCUT2D eigenvalue weighted by molar-refractivity contribution is 7.99. The Morgan fingerprint density at radius 3 is 2.42 bits per heavy atom. The summed E-state index contributed by atoms with van der Waals surface area (Å²) in [6, 6.07) is 6.06. The van der Waals surface area contributed by atoms with Gasteiger partial charge in [-0.1, -0.05) is 31.7 Å². The summed E-state index contributed by atoms with van der Waals surface area (Å²) in [5.41, 5.74) is 3.77. The van der Waals surface area contributed by atoms with E-state index in [1.165, 1.54) is 0 Å². The molecule has 0 unspecified atom stereocenters. The van der Waals surface area contributed by atoms with Gasteiger partial charge in [-0.05, 0) is 51.0 Å². The van der Waals surface area contributed by atoms with Crippen LogP contribution in [-0.4, -0.2) is 15.0 Å². The molecular weight excluding hydrogens is 318 g/mol. The van der Waals surface area contributed by atoms with Crippen molar-refractivity contribution in [1.82, 2.24) is 15.0 Å². The Labute approximate surface area is 146 Å². The van der Waals surface area contributed by atoms with Crippen LogP contribution in [0.5, 0.6) is 0 Å². The Morgan fingerprint density at radius 1 is 1.04 bits per heavy atom. The number of nitrogens with one attached hydrogen (secondary N) is 1. The van der Waals surface area contributed by atoms with Crippen LogP contribution >= 0.6 is 11.8 Å². The van der Waals surface area contributed by atoms with Crippen LogP contribution in [0.25, 0.3) is 10.9 Å². The number of benzene rings is 1. The van der Waals surface area contributed by atoms with Gasteiger partial charge in [-0.2, -0.15) is 0 Å². The normalized spacial score (nSPS) is 10.4. The SMILES string of the molecule is CC.Cc1cc(Sc2c(C)cc(C)c3nc(C)[nH]c(=O)c23)ccn1. The zero-order valence-corrected chi connectivity index (χ0v) is 15.8. The number of nitrogens with zero attached hydrogens (tertiary/aromatic N) is 2. The lowest BCUT2D eigenvalue weighted by molar-refractivity contribution is 1.04. The van der Waals surface area contributed by atoms with Crippen molar-refractivity contribution in [2.75, 3.05) is 0 Å². The van der Waals surface area contributed by atoms with E-state index in [2.05, 4.69) is 21.0 Å². The van der Waals surface area contributed by atoms with Crippen molar-refractivity contribution in [3.05, 3.63) is 57.4 Å². The van der Waals surface area contributed by atoms with E-state index in [1.54, 1.807) is 24.9 Å². The molecular formula is C19H23N3OS. The molecule has 3 rings (SSSR count). The molecule has 0 radical (unpaired) electrons. The highest BCUT2D eigenvalue weighted by atomic mass is 32.2. The fourth-order valence-electron chi connectivity index (χ4n) is 2.57. The lowest BCUT2D eigenvalue weighted by Crippen LogP contribution is -2.12. The number of fused-ring (bicyclic) bond motifs is 1.